The maximum atomic E-state index is 12.6. The van der Waals surface area contributed by atoms with Gasteiger partial charge in [0.25, 0.3) is 0 Å². The number of aromatic nitrogens is 1. The molecule has 9 nitrogen and oxygen atoms in total. The molecular weight excluding hydrogens is 612 g/mol. The van der Waals surface area contributed by atoms with Gasteiger partial charge in [0.2, 0.25) is 10.0 Å². The van der Waals surface area contributed by atoms with Crippen LogP contribution in [0.2, 0.25) is 0 Å². The number of hydrogen-bond donors (Lipinski definition) is 2. The molecule has 1 aliphatic carbocycles. The van der Waals surface area contributed by atoms with Gasteiger partial charge in [0, 0.05) is 49.2 Å². The smallest absolute Gasteiger partial charge is 0.335 e. The van der Waals surface area contributed by atoms with Crippen LogP contribution in [0.4, 0.5) is 0 Å². The zero-order valence-electron chi connectivity index (χ0n) is 27.4. The molecule has 47 heavy (non-hydrogen) atoms. The molecule has 1 unspecified atom stereocenters. The van der Waals surface area contributed by atoms with E-state index in [4.69, 9.17) is 4.74 Å². The third-order valence-corrected chi connectivity index (χ3v) is 10.9. The van der Waals surface area contributed by atoms with Gasteiger partial charge in [-0.25, -0.2) is 17.9 Å². The molecular formula is C37H46N4O5S. The molecule has 1 aromatic heterocycles. The van der Waals surface area contributed by atoms with E-state index in [1.165, 1.54) is 24.8 Å². The van der Waals surface area contributed by atoms with Crippen molar-refractivity contribution in [3.8, 4) is 17.0 Å². The number of carboxylic acids is 1. The summed E-state index contributed by atoms with van der Waals surface area (Å²) in [5.41, 5.74) is 5.74. The first kappa shape index (κ1) is 33.2. The number of para-hydroxylation sites is 1. The van der Waals surface area contributed by atoms with Crippen molar-refractivity contribution in [3.63, 3.8) is 0 Å². The highest BCUT2D eigenvalue weighted by atomic mass is 32.2. The van der Waals surface area contributed by atoms with Crippen LogP contribution in [0.15, 0.2) is 72.8 Å². The Kier molecular flexibility index (Phi) is 10.3. The molecule has 2 N–H and O–H groups in total. The van der Waals surface area contributed by atoms with Gasteiger partial charge >= 0.3 is 5.97 Å². The quantitative estimate of drug-likeness (QED) is 0.187. The van der Waals surface area contributed by atoms with E-state index in [2.05, 4.69) is 33.4 Å². The first-order valence-electron chi connectivity index (χ1n) is 16.7. The Morgan fingerprint density at radius 3 is 2.43 bits per heavy atom. The fourth-order valence-electron chi connectivity index (χ4n) is 7.10. The first-order valence-corrected chi connectivity index (χ1v) is 18.4. The molecule has 0 spiro atoms. The lowest BCUT2D eigenvalue weighted by molar-refractivity contribution is 0.0697. The van der Waals surface area contributed by atoms with Crippen LogP contribution in [0.3, 0.4) is 0 Å². The molecule has 0 bridgehead atoms. The third-order valence-electron chi connectivity index (χ3n) is 9.65. The molecule has 1 saturated carbocycles. The fourth-order valence-corrected chi connectivity index (χ4v) is 8.19. The summed E-state index contributed by atoms with van der Waals surface area (Å²) in [4.78, 5) is 16.3. The Balaban J connectivity index is 1.16. The summed E-state index contributed by atoms with van der Waals surface area (Å²) in [5.74, 6) is 0.395. The van der Waals surface area contributed by atoms with Crippen molar-refractivity contribution in [3.05, 3.63) is 89.5 Å². The SMILES string of the molecule is CN(CCN(C)CC1Cn2c(c(C3CCCCC3)c3ccc(C(=O)O)cc32)-c2ccccc2O1)CCS(=O)(=O)NCc1ccccc1. The van der Waals surface area contributed by atoms with Crippen molar-refractivity contribution in [1.82, 2.24) is 19.1 Å². The van der Waals surface area contributed by atoms with Gasteiger partial charge in [-0.05, 0) is 68.2 Å². The Hall–Kier alpha value is -3.70. The van der Waals surface area contributed by atoms with E-state index in [-0.39, 0.29) is 18.4 Å². The average Bonchev–Trinajstić information content (AvgIpc) is 3.30. The average molecular weight is 659 g/mol. The van der Waals surface area contributed by atoms with E-state index in [9.17, 15) is 18.3 Å². The van der Waals surface area contributed by atoms with Gasteiger partial charge in [0.1, 0.15) is 11.9 Å². The molecule has 250 valence electrons. The number of carboxylic acid groups (broad SMARTS) is 1. The van der Waals surface area contributed by atoms with Gasteiger partial charge in [-0.3, -0.25) is 0 Å². The van der Waals surface area contributed by atoms with Crippen LogP contribution in [-0.2, 0) is 23.1 Å². The Morgan fingerprint density at radius 2 is 1.66 bits per heavy atom. The maximum Gasteiger partial charge on any atom is 0.335 e. The zero-order chi connectivity index (χ0) is 33.0. The second-order valence-electron chi connectivity index (χ2n) is 13.2. The van der Waals surface area contributed by atoms with Crippen LogP contribution >= 0.6 is 0 Å². The summed E-state index contributed by atoms with van der Waals surface area (Å²) < 4.78 is 36.9. The number of rotatable bonds is 13. The minimum atomic E-state index is -3.39. The number of ether oxygens (including phenoxy) is 1. The van der Waals surface area contributed by atoms with E-state index in [1.807, 2.05) is 66.5 Å². The highest BCUT2D eigenvalue weighted by molar-refractivity contribution is 7.89. The minimum absolute atomic E-state index is 0.0354. The second-order valence-corrected chi connectivity index (χ2v) is 15.1. The van der Waals surface area contributed by atoms with Crippen LogP contribution in [0.25, 0.3) is 22.2 Å². The Labute approximate surface area is 278 Å². The normalized spacial score (nSPS) is 17.0. The molecule has 4 aromatic rings. The first-order chi connectivity index (χ1) is 22.7. The number of hydrogen-bond acceptors (Lipinski definition) is 6. The van der Waals surface area contributed by atoms with Crippen molar-refractivity contribution >= 4 is 26.9 Å². The molecule has 10 heteroatoms. The van der Waals surface area contributed by atoms with E-state index in [0.717, 1.165) is 52.9 Å². The van der Waals surface area contributed by atoms with Gasteiger partial charge < -0.3 is 24.2 Å². The molecule has 2 aliphatic rings. The largest absolute Gasteiger partial charge is 0.487 e. The lowest BCUT2D eigenvalue weighted by Crippen LogP contribution is -2.40. The molecule has 3 aromatic carbocycles. The minimum Gasteiger partial charge on any atom is -0.487 e. The molecule has 1 atom stereocenters. The van der Waals surface area contributed by atoms with Gasteiger partial charge in [-0.2, -0.15) is 0 Å². The van der Waals surface area contributed by atoms with Crippen LogP contribution in [0.1, 0.15) is 59.5 Å². The number of carbonyl (C=O) groups is 1. The summed E-state index contributed by atoms with van der Waals surface area (Å²) in [6, 6.07) is 23.4. The van der Waals surface area contributed by atoms with Gasteiger partial charge in [-0.1, -0.05) is 67.8 Å². The number of aromatic carboxylic acids is 1. The monoisotopic (exact) mass is 658 g/mol. The van der Waals surface area contributed by atoms with Gasteiger partial charge in [0.15, 0.2) is 0 Å². The number of nitrogens with zero attached hydrogens (tertiary/aromatic N) is 3. The van der Waals surface area contributed by atoms with Crippen LogP contribution in [0.5, 0.6) is 5.75 Å². The predicted octanol–water partition coefficient (Wildman–Crippen LogP) is 5.80. The van der Waals surface area contributed by atoms with E-state index in [0.29, 0.717) is 37.7 Å². The van der Waals surface area contributed by atoms with Crippen molar-refractivity contribution < 1.29 is 23.1 Å². The van der Waals surface area contributed by atoms with Crippen molar-refractivity contribution in [2.45, 2.75) is 57.2 Å². The summed E-state index contributed by atoms with van der Waals surface area (Å²) in [5, 5.41) is 11.0. The number of fused-ring (bicyclic) bond motifs is 5. The van der Waals surface area contributed by atoms with Gasteiger partial charge in [-0.15, -0.1) is 0 Å². The standard InChI is InChI=1S/C37H46N4O5S/c1-39(21-22-47(44,45)38-24-27-11-5-3-6-12-27)19-20-40(2)25-30-26-41-33-23-29(37(42)43)17-18-31(33)35(28-13-7-4-8-14-28)36(41)32-15-9-10-16-34(32)46-30/h3,5-6,9-12,15-18,23,28,30,38H,4,7-8,13-14,19-22,24-26H2,1-2H3,(H,42,43). The highest BCUT2D eigenvalue weighted by Gasteiger charge is 2.32. The lowest BCUT2D eigenvalue weighted by atomic mass is 9.81. The van der Waals surface area contributed by atoms with E-state index >= 15 is 0 Å². The van der Waals surface area contributed by atoms with Crippen molar-refractivity contribution in [2.24, 2.45) is 0 Å². The zero-order valence-corrected chi connectivity index (χ0v) is 28.2. The van der Waals surface area contributed by atoms with Crippen LogP contribution in [-0.4, -0.2) is 86.0 Å². The van der Waals surface area contributed by atoms with E-state index < -0.39 is 16.0 Å². The predicted molar refractivity (Wildman–Crippen MR) is 187 cm³/mol. The molecule has 2 heterocycles. The molecule has 1 fully saturated rings. The number of sulfonamides is 1. The van der Waals surface area contributed by atoms with Crippen molar-refractivity contribution in [1.29, 1.82) is 0 Å². The number of benzene rings is 3. The Morgan fingerprint density at radius 1 is 0.936 bits per heavy atom. The van der Waals surface area contributed by atoms with Crippen LogP contribution in [0, 0.1) is 0 Å². The molecule has 0 saturated heterocycles. The highest BCUT2D eigenvalue weighted by Crippen LogP contribution is 2.47. The number of nitrogens with one attached hydrogen (secondary N) is 1. The summed E-state index contributed by atoms with van der Waals surface area (Å²) in [7, 11) is 0.620. The molecule has 0 radical (unpaired) electrons. The van der Waals surface area contributed by atoms with Gasteiger partial charge in [0.05, 0.1) is 23.6 Å². The van der Waals surface area contributed by atoms with Crippen molar-refractivity contribution in [2.75, 3.05) is 46.0 Å². The summed E-state index contributed by atoms with van der Waals surface area (Å²) in [6.07, 6.45) is 5.79. The molecule has 6 rings (SSSR count). The Bertz CT molecular complexity index is 1800. The summed E-state index contributed by atoms with van der Waals surface area (Å²) in [6.45, 7) is 3.43. The van der Waals surface area contributed by atoms with Crippen LogP contribution < -0.4 is 9.46 Å². The topological polar surface area (TPSA) is 104 Å². The molecule has 1 aliphatic heterocycles. The molecule has 0 amide bonds. The second kappa shape index (κ2) is 14.6. The van der Waals surface area contributed by atoms with E-state index in [1.54, 1.807) is 6.07 Å². The third kappa shape index (κ3) is 7.89. The fraction of sp³-hybridized carbons (Fsp3) is 0.432. The maximum absolute atomic E-state index is 12.6. The number of likely N-dealkylation sites (N-methyl/N-ethyl adjacent to an activating group) is 2. The lowest BCUT2D eigenvalue weighted by Gasteiger charge is -2.26. The summed E-state index contributed by atoms with van der Waals surface area (Å²) >= 11 is 0.